The van der Waals surface area contributed by atoms with E-state index >= 15 is 0 Å². The van der Waals surface area contributed by atoms with E-state index in [9.17, 15) is 30.0 Å². The number of aliphatic hydroxyl groups excluding tert-OH is 4. The lowest BCUT2D eigenvalue weighted by atomic mass is 9.99. The molecule has 1 heterocycles. The molecule has 1 fully saturated rings. The molecule has 10 nitrogen and oxygen atoms in total. The summed E-state index contributed by atoms with van der Waals surface area (Å²) >= 11 is 0. The first-order chi connectivity index (χ1) is 30.8. The average Bonchev–Trinajstić information content (AvgIpc) is 3.28. The van der Waals surface area contributed by atoms with Gasteiger partial charge in [0, 0.05) is 12.8 Å². The summed E-state index contributed by atoms with van der Waals surface area (Å²) in [5.74, 6) is -0.828. The Morgan fingerprint density at radius 3 is 1.38 bits per heavy atom. The molecule has 4 N–H and O–H groups in total. The van der Waals surface area contributed by atoms with Crippen molar-refractivity contribution in [3.05, 3.63) is 48.6 Å². The zero-order valence-corrected chi connectivity index (χ0v) is 40.1. The molecule has 0 radical (unpaired) electrons. The lowest BCUT2D eigenvalue weighted by molar-refractivity contribution is -0.305. The van der Waals surface area contributed by atoms with Crippen LogP contribution < -0.4 is 0 Å². The molecule has 0 aliphatic carbocycles. The van der Waals surface area contributed by atoms with Crippen molar-refractivity contribution in [1.82, 2.24) is 0 Å². The van der Waals surface area contributed by atoms with Gasteiger partial charge >= 0.3 is 11.9 Å². The highest BCUT2D eigenvalue weighted by molar-refractivity contribution is 5.70. The summed E-state index contributed by atoms with van der Waals surface area (Å²) in [6.07, 6.45) is 45.4. The van der Waals surface area contributed by atoms with Gasteiger partial charge in [0.25, 0.3) is 0 Å². The molecule has 1 aliphatic heterocycles. The van der Waals surface area contributed by atoms with Crippen molar-refractivity contribution < 1.29 is 49.0 Å². The largest absolute Gasteiger partial charge is 0.462 e. The molecule has 6 atom stereocenters. The van der Waals surface area contributed by atoms with Gasteiger partial charge in [-0.15, -0.1) is 0 Å². The third-order valence-corrected chi connectivity index (χ3v) is 11.7. The second kappa shape index (κ2) is 43.5. The molecule has 1 saturated heterocycles. The van der Waals surface area contributed by atoms with Crippen LogP contribution in [0.1, 0.15) is 219 Å². The quantitative estimate of drug-likeness (QED) is 0.0264. The van der Waals surface area contributed by atoms with E-state index < -0.39 is 49.4 Å². The Hall–Kier alpha value is -2.34. The van der Waals surface area contributed by atoms with Gasteiger partial charge in [0.15, 0.2) is 12.4 Å². The summed E-state index contributed by atoms with van der Waals surface area (Å²) in [7, 11) is 0. The number of esters is 2. The second-order valence-corrected chi connectivity index (χ2v) is 17.6. The fourth-order valence-electron chi connectivity index (χ4n) is 7.60. The van der Waals surface area contributed by atoms with E-state index in [1.807, 2.05) is 0 Å². The van der Waals surface area contributed by atoms with Gasteiger partial charge in [-0.2, -0.15) is 0 Å². The molecule has 0 aromatic rings. The molecule has 1 aliphatic rings. The maximum absolute atomic E-state index is 12.8. The number of rotatable bonds is 43. The fraction of sp³-hybridized carbons (Fsp3) is 0.811. The number of allylic oxidation sites excluding steroid dienone is 8. The van der Waals surface area contributed by atoms with Gasteiger partial charge in [0.05, 0.1) is 13.2 Å². The van der Waals surface area contributed by atoms with Crippen molar-refractivity contribution in [3.8, 4) is 0 Å². The number of carbonyl (C=O) groups is 2. The molecular weight excluding hydrogens is 797 g/mol. The fourth-order valence-corrected chi connectivity index (χ4v) is 7.60. The van der Waals surface area contributed by atoms with Crippen molar-refractivity contribution in [1.29, 1.82) is 0 Å². The monoisotopic (exact) mass is 891 g/mol. The van der Waals surface area contributed by atoms with Crippen LogP contribution in [0.2, 0.25) is 0 Å². The first-order valence-electron chi connectivity index (χ1n) is 25.7. The molecule has 0 aromatic carbocycles. The predicted molar refractivity (Wildman–Crippen MR) is 256 cm³/mol. The van der Waals surface area contributed by atoms with Crippen LogP contribution in [-0.2, 0) is 28.5 Å². The van der Waals surface area contributed by atoms with E-state index in [0.717, 1.165) is 57.8 Å². The highest BCUT2D eigenvalue weighted by Gasteiger charge is 2.44. The normalized spacial score (nSPS) is 19.9. The maximum Gasteiger partial charge on any atom is 0.306 e. The van der Waals surface area contributed by atoms with E-state index in [0.29, 0.717) is 6.42 Å². The Bertz CT molecular complexity index is 1170. The Kier molecular flexibility index (Phi) is 40.6. The number of carbonyl (C=O) groups excluding carboxylic acids is 2. The minimum Gasteiger partial charge on any atom is -0.462 e. The summed E-state index contributed by atoms with van der Waals surface area (Å²) < 4.78 is 22.2. The Morgan fingerprint density at radius 1 is 0.492 bits per heavy atom. The van der Waals surface area contributed by atoms with Crippen LogP contribution >= 0.6 is 0 Å². The van der Waals surface area contributed by atoms with E-state index in [2.05, 4.69) is 62.5 Å². The van der Waals surface area contributed by atoms with Gasteiger partial charge in [0.2, 0.25) is 0 Å². The molecule has 0 amide bonds. The summed E-state index contributed by atoms with van der Waals surface area (Å²) in [5.41, 5.74) is 0. The maximum atomic E-state index is 12.8. The van der Waals surface area contributed by atoms with Gasteiger partial charge in [0.1, 0.15) is 31.0 Å². The molecular formula is C53H94O10. The van der Waals surface area contributed by atoms with E-state index in [1.54, 1.807) is 0 Å². The molecule has 1 rings (SSSR count). The zero-order chi connectivity index (χ0) is 45.9. The minimum atomic E-state index is -1.60. The highest BCUT2D eigenvalue weighted by atomic mass is 16.7. The van der Waals surface area contributed by atoms with Crippen LogP contribution in [0.3, 0.4) is 0 Å². The van der Waals surface area contributed by atoms with Crippen molar-refractivity contribution in [2.24, 2.45) is 0 Å². The number of hydrogen-bond acceptors (Lipinski definition) is 10. The van der Waals surface area contributed by atoms with Crippen molar-refractivity contribution >= 4 is 11.9 Å². The number of ether oxygens (including phenoxy) is 4. The molecule has 0 saturated carbocycles. The molecule has 0 aromatic heterocycles. The topological polar surface area (TPSA) is 152 Å². The van der Waals surface area contributed by atoms with Gasteiger partial charge in [-0.05, 0) is 77.0 Å². The second-order valence-electron chi connectivity index (χ2n) is 17.6. The van der Waals surface area contributed by atoms with Crippen LogP contribution in [-0.4, -0.2) is 89.0 Å². The van der Waals surface area contributed by atoms with Crippen molar-refractivity contribution in [2.75, 3.05) is 19.8 Å². The summed E-state index contributed by atoms with van der Waals surface area (Å²) in [4.78, 5) is 25.4. The lowest BCUT2D eigenvalue weighted by Crippen LogP contribution is -2.59. The van der Waals surface area contributed by atoms with Crippen LogP contribution in [0.4, 0.5) is 0 Å². The molecule has 2 unspecified atom stereocenters. The van der Waals surface area contributed by atoms with Crippen molar-refractivity contribution in [2.45, 2.75) is 256 Å². The first-order valence-corrected chi connectivity index (χ1v) is 25.7. The molecule has 63 heavy (non-hydrogen) atoms. The number of unbranched alkanes of at least 4 members (excludes halogenated alkanes) is 24. The van der Waals surface area contributed by atoms with Gasteiger partial charge in [-0.3, -0.25) is 9.59 Å². The summed E-state index contributed by atoms with van der Waals surface area (Å²) in [6, 6.07) is 0. The summed E-state index contributed by atoms with van der Waals surface area (Å²) in [6.45, 7) is 3.39. The smallest absolute Gasteiger partial charge is 0.306 e. The third-order valence-electron chi connectivity index (χ3n) is 11.7. The highest BCUT2D eigenvalue weighted by Crippen LogP contribution is 2.23. The molecule has 0 bridgehead atoms. The van der Waals surface area contributed by atoms with Crippen LogP contribution in [0.5, 0.6) is 0 Å². The van der Waals surface area contributed by atoms with E-state index in [1.165, 1.54) is 128 Å². The lowest BCUT2D eigenvalue weighted by Gasteiger charge is -2.39. The molecule has 10 heteroatoms. The third kappa shape index (κ3) is 34.6. The standard InChI is InChI=1S/C53H94O10/c1-3-5-7-9-11-13-15-17-19-21-22-23-24-26-27-29-31-33-35-37-39-41-48(55)60-44-46(45-61-53-52(59)51(58)50(57)47(43-54)63-53)62-49(56)42-40-38-36-34-32-30-28-25-20-18-16-14-12-10-8-6-4-2/h12,14,17-20,28,30,46-47,50-54,57-59H,3-11,13,15-16,21-27,29,31-45H2,1-2H3/b14-12+,19-17+,20-18+,30-28+/t46-,47-,50+,51?,52?,53-/m0/s1. The SMILES string of the molecule is CCCCC/C=C/C/C=C/C/C=C/CCCCCCC(=O)O[C@@H](COC(=O)CCCCCCCCCCCCC/C=C/CCCCCCCC)CO[C@H]1O[C@@H](CO)[C@@H](O)C(O)C1O. The molecule has 366 valence electrons. The zero-order valence-electron chi connectivity index (χ0n) is 40.1. The number of aliphatic hydroxyl groups is 4. The van der Waals surface area contributed by atoms with Crippen LogP contribution in [0.15, 0.2) is 48.6 Å². The van der Waals surface area contributed by atoms with Gasteiger partial charge in [-0.25, -0.2) is 0 Å². The minimum absolute atomic E-state index is 0.204. The Morgan fingerprint density at radius 2 is 0.889 bits per heavy atom. The van der Waals surface area contributed by atoms with Crippen LogP contribution in [0.25, 0.3) is 0 Å². The summed E-state index contributed by atoms with van der Waals surface area (Å²) in [5, 5.41) is 40.2. The Labute approximate surface area is 384 Å². The average molecular weight is 891 g/mol. The van der Waals surface area contributed by atoms with Gasteiger partial charge in [-0.1, -0.05) is 178 Å². The van der Waals surface area contributed by atoms with E-state index in [4.69, 9.17) is 18.9 Å². The van der Waals surface area contributed by atoms with Gasteiger partial charge < -0.3 is 39.4 Å². The van der Waals surface area contributed by atoms with Crippen molar-refractivity contribution in [3.63, 3.8) is 0 Å². The number of hydrogen-bond donors (Lipinski definition) is 4. The molecule has 0 spiro atoms. The first kappa shape index (κ1) is 58.7. The Balaban J connectivity index is 2.27. The van der Waals surface area contributed by atoms with E-state index in [-0.39, 0.29) is 32.0 Å². The predicted octanol–water partition coefficient (Wildman–Crippen LogP) is 12.0. The van der Waals surface area contributed by atoms with Crippen LogP contribution in [0, 0.1) is 0 Å².